The van der Waals surface area contributed by atoms with E-state index in [9.17, 15) is 5.11 Å². The summed E-state index contributed by atoms with van der Waals surface area (Å²) >= 11 is 0. The quantitative estimate of drug-likeness (QED) is 0.106. The molecule has 10 nitrogen and oxygen atoms in total. The van der Waals surface area contributed by atoms with Crippen LogP contribution < -0.4 is 33.2 Å². The van der Waals surface area contributed by atoms with Gasteiger partial charge in [-0.2, -0.15) is 0 Å². The lowest BCUT2D eigenvalue weighted by Gasteiger charge is -2.25. The number of aliphatic hydroxyl groups is 1. The van der Waals surface area contributed by atoms with Gasteiger partial charge < -0.3 is 47.7 Å². The van der Waals surface area contributed by atoms with E-state index < -0.39 is 12.2 Å². The Hall–Kier alpha value is -4.64. The minimum Gasteiger partial charge on any atom is -0.493 e. The SMILES string of the molecule is COCOc1ccc(C(O)C(C)Oc2ccc(C3OC(c4ccc(OC(C)C(C)c5ccc(OC)c(OC)c5)c(OC)c4)C(C)C3C)cc2OC)cc1. The van der Waals surface area contributed by atoms with E-state index >= 15 is 0 Å². The Balaban J connectivity index is 1.26. The van der Waals surface area contributed by atoms with Crippen molar-refractivity contribution >= 4 is 0 Å². The Bertz CT molecular complexity index is 1780. The van der Waals surface area contributed by atoms with E-state index in [4.69, 9.17) is 42.6 Å². The van der Waals surface area contributed by atoms with Gasteiger partial charge in [0.1, 0.15) is 24.1 Å². The molecule has 1 aliphatic heterocycles. The van der Waals surface area contributed by atoms with Crippen LogP contribution in [0.25, 0.3) is 0 Å². The maximum Gasteiger partial charge on any atom is 0.188 e. The predicted octanol–water partition coefficient (Wildman–Crippen LogP) is 8.86. The summed E-state index contributed by atoms with van der Waals surface area (Å²) in [6.45, 7) is 10.6. The molecule has 0 amide bonds. The first-order valence-corrected chi connectivity index (χ1v) is 18.0. The van der Waals surface area contributed by atoms with Crippen molar-refractivity contribution in [1.82, 2.24) is 0 Å². The van der Waals surface area contributed by atoms with Gasteiger partial charge in [0.2, 0.25) is 0 Å². The highest BCUT2D eigenvalue weighted by Gasteiger charge is 2.41. The van der Waals surface area contributed by atoms with Crippen LogP contribution in [0.5, 0.6) is 40.2 Å². The normalized spacial score (nSPS) is 20.5. The Morgan fingerprint density at radius 1 is 0.566 bits per heavy atom. The standard InChI is InChI=1S/C43H54O10/c1-25-26(2)43(33-15-20-37(40(23-33)49-10)52-29(5)41(44)30-11-16-34(17-12-30)50-24-45-6)53-42(25)32-14-19-36(39(22-32)48-9)51-28(4)27(3)31-13-18-35(46-7)38(21-31)47-8/h11-23,25-29,41-44H,24H2,1-10H3. The number of hydrogen-bond donors (Lipinski definition) is 1. The van der Waals surface area contributed by atoms with Crippen molar-refractivity contribution in [2.45, 2.75) is 71.1 Å². The third kappa shape index (κ3) is 8.95. The van der Waals surface area contributed by atoms with Crippen LogP contribution in [-0.2, 0) is 9.47 Å². The van der Waals surface area contributed by atoms with Crippen molar-refractivity contribution in [2.24, 2.45) is 11.8 Å². The molecule has 8 unspecified atom stereocenters. The van der Waals surface area contributed by atoms with Crippen LogP contribution in [-0.4, -0.2) is 59.7 Å². The molecule has 1 N–H and O–H groups in total. The van der Waals surface area contributed by atoms with Gasteiger partial charge in [-0.3, -0.25) is 0 Å². The van der Waals surface area contributed by atoms with E-state index in [2.05, 4.69) is 33.8 Å². The second-order valence-electron chi connectivity index (χ2n) is 13.6. The molecule has 0 spiro atoms. The first kappa shape index (κ1) is 39.6. The van der Waals surface area contributed by atoms with Crippen LogP contribution in [0.3, 0.4) is 0 Å². The predicted molar refractivity (Wildman–Crippen MR) is 203 cm³/mol. The van der Waals surface area contributed by atoms with Gasteiger partial charge >= 0.3 is 0 Å². The first-order chi connectivity index (χ1) is 25.5. The summed E-state index contributed by atoms with van der Waals surface area (Å²) in [6.07, 6.45) is -1.91. The molecule has 4 aromatic rings. The summed E-state index contributed by atoms with van der Waals surface area (Å²) in [6, 6.07) is 25.0. The monoisotopic (exact) mass is 730 g/mol. The Kier molecular flexibility index (Phi) is 13.4. The van der Waals surface area contributed by atoms with Crippen LogP contribution in [0.15, 0.2) is 78.9 Å². The average Bonchev–Trinajstić information content (AvgIpc) is 3.49. The largest absolute Gasteiger partial charge is 0.493 e. The van der Waals surface area contributed by atoms with Gasteiger partial charge in [-0.1, -0.05) is 51.1 Å². The van der Waals surface area contributed by atoms with E-state index in [-0.39, 0.29) is 42.9 Å². The molecule has 4 aromatic carbocycles. The molecule has 1 saturated heterocycles. The zero-order chi connectivity index (χ0) is 38.2. The number of hydrogen-bond acceptors (Lipinski definition) is 10. The summed E-state index contributed by atoms with van der Waals surface area (Å²) in [5, 5.41) is 11.0. The Morgan fingerprint density at radius 3 is 1.55 bits per heavy atom. The highest BCUT2D eigenvalue weighted by molar-refractivity contribution is 5.47. The minimum atomic E-state index is -0.867. The van der Waals surface area contributed by atoms with Crippen LogP contribution in [0, 0.1) is 11.8 Å². The van der Waals surface area contributed by atoms with E-state index in [1.54, 1.807) is 47.7 Å². The van der Waals surface area contributed by atoms with Crippen molar-refractivity contribution in [1.29, 1.82) is 0 Å². The number of rotatable bonds is 17. The lowest BCUT2D eigenvalue weighted by Crippen LogP contribution is -2.22. The number of aliphatic hydroxyl groups excluding tert-OH is 1. The van der Waals surface area contributed by atoms with Crippen molar-refractivity contribution < 1.29 is 47.7 Å². The molecule has 1 aliphatic rings. The molecule has 8 atom stereocenters. The molecule has 0 aromatic heterocycles. The molecule has 0 bridgehead atoms. The third-order valence-electron chi connectivity index (χ3n) is 10.4. The third-order valence-corrected chi connectivity index (χ3v) is 10.4. The van der Waals surface area contributed by atoms with Gasteiger partial charge in [0, 0.05) is 13.0 Å². The van der Waals surface area contributed by atoms with Crippen molar-refractivity contribution in [2.75, 3.05) is 42.3 Å². The molecular weight excluding hydrogens is 676 g/mol. The highest BCUT2D eigenvalue weighted by Crippen LogP contribution is 2.51. The lowest BCUT2D eigenvalue weighted by molar-refractivity contribution is 0.0284. The van der Waals surface area contributed by atoms with Crippen LogP contribution in [0.4, 0.5) is 0 Å². The highest BCUT2D eigenvalue weighted by atomic mass is 16.7. The lowest BCUT2D eigenvalue weighted by atomic mass is 9.85. The first-order valence-electron chi connectivity index (χ1n) is 18.0. The van der Waals surface area contributed by atoms with Crippen LogP contribution >= 0.6 is 0 Å². The number of ether oxygens (including phenoxy) is 9. The fourth-order valence-electron chi connectivity index (χ4n) is 6.77. The molecule has 10 heteroatoms. The summed E-state index contributed by atoms with van der Waals surface area (Å²) in [5.41, 5.74) is 3.80. The van der Waals surface area contributed by atoms with Gasteiger partial charge in [0.25, 0.3) is 0 Å². The molecule has 1 fully saturated rings. The molecule has 0 saturated carbocycles. The number of benzene rings is 4. The Labute approximate surface area is 313 Å². The Morgan fingerprint density at radius 2 is 1.04 bits per heavy atom. The van der Waals surface area contributed by atoms with Gasteiger partial charge in [-0.05, 0) is 96.5 Å². The molecule has 0 aliphatic carbocycles. The summed E-state index contributed by atoms with van der Waals surface area (Å²) in [5.74, 6) is 4.93. The molecule has 286 valence electrons. The van der Waals surface area contributed by atoms with Gasteiger partial charge in [-0.15, -0.1) is 0 Å². The van der Waals surface area contributed by atoms with E-state index in [1.165, 1.54) is 0 Å². The van der Waals surface area contributed by atoms with Crippen molar-refractivity contribution in [3.63, 3.8) is 0 Å². The van der Waals surface area contributed by atoms with Gasteiger partial charge in [0.05, 0.1) is 40.6 Å². The van der Waals surface area contributed by atoms with Crippen LogP contribution in [0.2, 0.25) is 0 Å². The smallest absolute Gasteiger partial charge is 0.188 e. The van der Waals surface area contributed by atoms with E-state index in [0.29, 0.717) is 45.8 Å². The molecule has 53 heavy (non-hydrogen) atoms. The van der Waals surface area contributed by atoms with Crippen molar-refractivity contribution in [3.8, 4) is 40.2 Å². The minimum absolute atomic E-state index is 0.0698. The van der Waals surface area contributed by atoms with Crippen LogP contribution in [0.1, 0.15) is 81.1 Å². The maximum atomic E-state index is 11.0. The zero-order valence-electron chi connectivity index (χ0n) is 32.5. The zero-order valence-corrected chi connectivity index (χ0v) is 32.5. The summed E-state index contributed by atoms with van der Waals surface area (Å²) in [7, 11) is 8.10. The average molecular weight is 731 g/mol. The molecular formula is C43H54O10. The fourth-order valence-corrected chi connectivity index (χ4v) is 6.77. The van der Waals surface area contributed by atoms with Gasteiger partial charge in [0.15, 0.2) is 41.3 Å². The summed E-state index contributed by atoms with van der Waals surface area (Å²) in [4.78, 5) is 0. The molecule has 1 heterocycles. The summed E-state index contributed by atoms with van der Waals surface area (Å²) < 4.78 is 52.4. The fraction of sp³-hybridized carbons (Fsp3) is 0.442. The van der Waals surface area contributed by atoms with E-state index in [1.807, 2.05) is 67.6 Å². The second kappa shape index (κ2) is 17.9. The van der Waals surface area contributed by atoms with E-state index in [0.717, 1.165) is 16.7 Å². The van der Waals surface area contributed by atoms with Crippen molar-refractivity contribution in [3.05, 3.63) is 101 Å². The topological polar surface area (TPSA) is 103 Å². The second-order valence-corrected chi connectivity index (χ2v) is 13.6. The molecule has 5 rings (SSSR count). The number of methoxy groups -OCH3 is 5. The maximum absolute atomic E-state index is 11.0. The van der Waals surface area contributed by atoms with Gasteiger partial charge in [-0.25, -0.2) is 0 Å². The molecule has 0 radical (unpaired) electrons.